The van der Waals surface area contributed by atoms with Crippen LogP contribution in [0.4, 0.5) is 10.1 Å². The van der Waals surface area contributed by atoms with Crippen LogP contribution in [-0.4, -0.2) is 12.0 Å². The van der Waals surface area contributed by atoms with Crippen molar-refractivity contribution in [3.8, 4) is 5.75 Å². The number of hydrogen-bond donors (Lipinski definition) is 1. The van der Waals surface area contributed by atoms with Crippen LogP contribution < -0.4 is 10.1 Å². The molecular formula is C18H20FNO2. The summed E-state index contributed by atoms with van der Waals surface area (Å²) in [5, 5.41) is 2.80. The van der Waals surface area contributed by atoms with Gasteiger partial charge >= 0.3 is 0 Å². The molecular weight excluding hydrogens is 281 g/mol. The van der Waals surface area contributed by atoms with Gasteiger partial charge in [0.05, 0.1) is 6.10 Å². The second-order valence-electron chi connectivity index (χ2n) is 5.33. The highest BCUT2D eigenvalue weighted by molar-refractivity contribution is 5.91. The number of anilines is 1. The molecule has 4 heteroatoms. The fourth-order valence-corrected chi connectivity index (χ4v) is 2.09. The van der Waals surface area contributed by atoms with Crippen LogP contribution in [0, 0.1) is 5.82 Å². The first-order chi connectivity index (χ1) is 10.5. The molecule has 22 heavy (non-hydrogen) atoms. The molecule has 2 aromatic rings. The summed E-state index contributed by atoms with van der Waals surface area (Å²) in [6.45, 7) is 3.89. The fourth-order valence-electron chi connectivity index (χ4n) is 2.09. The van der Waals surface area contributed by atoms with Gasteiger partial charge < -0.3 is 10.1 Å². The molecule has 0 atom stereocenters. The lowest BCUT2D eigenvalue weighted by molar-refractivity contribution is -0.116. The fraction of sp³-hybridized carbons (Fsp3) is 0.278. The van der Waals surface area contributed by atoms with Crippen molar-refractivity contribution in [1.29, 1.82) is 0 Å². The van der Waals surface area contributed by atoms with Crippen LogP contribution in [0.2, 0.25) is 0 Å². The molecule has 2 aromatic carbocycles. The van der Waals surface area contributed by atoms with Gasteiger partial charge in [0.15, 0.2) is 0 Å². The number of hydrogen-bond acceptors (Lipinski definition) is 2. The van der Waals surface area contributed by atoms with Gasteiger partial charge in [0, 0.05) is 18.2 Å². The minimum atomic E-state index is -0.275. The van der Waals surface area contributed by atoms with E-state index in [1.807, 2.05) is 26.0 Å². The van der Waals surface area contributed by atoms with Crippen molar-refractivity contribution in [2.24, 2.45) is 0 Å². The van der Waals surface area contributed by atoms with Crippen molar-refractivity contribution >= 4 is 11.6 Å². The zero-order chi connectivity index (χ0) is 15.9. The lowest BCUT2D eigenvalue weighted by atomic mass is 10.1. The van der Waals surface area contributed by atoms with Crippen LogP contribution in [0.15, 0.2) is 48.5 Å². The van der Waals surface area contributed by atoms with E-state index in [9.17, 15) is 9.18 Å². The molecule has 116 valence electrons. The summed E-state index contributed by atoms with van der Waals surface area (Å²) < 4.78 is 19.1. The maximum Gasteiger partial charge on any atom is 0.224 e. The minimum absolute atomic E-state index is 0.0759. The first-order valence-electron chi connectivity index (χ1n) is 7.34. The van der Waals surface area contributed by atoms with E-state index in [4.69, 9.17) is 4.74 Å². The van der Waals surface area contributed by atoms with E-state index >= 15 is 0 Å². The van der Waals surface area contributed by atoms with Crippen LogP contribution in [0.3, 0.4) is 0 Å². The Kier molecular flexibility index (Phi) is 5.53. The molecule has 0 saturated heterocycles. The number of nitrogens with one attached hydrogen (secondary N) is 1. The monoisotopic (exact) mass is 301 g/mol. The second-order valence-corrected chi connectivity index (χ2v) is 5.33. The normalized spacial score (nSPS) is 10.5. The number of aryl methyl sites for hydroxylation is 1. The number of halogens is 1. The van der Waals surface area contributed by atoms with Crippen LogP contribution in [0.25, 0.3) is 0 Å². The SMILES string of the molecule is CC(C)Oc1cccc(NC(=O)CCc2ccccc2F)c1. The molecule has 3 nitrogen and oxygen atoms in total. The minimum Gasteiger partial charge on any atom is -0.491 e. The Balaban J connectivity index is 1.91. The summed E-state index contributed by atoms with van der Waals surface area (Å²) in [6, 6.07) is 13.7. The first-order valence-corrected chi connectivity index (χ1v) is 7.34. The second kappa shape index (κ2) is 7.59. The third-order valence-corrected chi connectivity index (χ3v) is 3.07. The molecule has 0 aliphatic heterocycles. The number of carbonyl (C=O) groups is 1. The van der Waals surface area contributed by atoms with E-state index in [0.717, 1.165) is 0 Å². The Labute approximate surface area is 130 Å². The molecule has 0 aromatic heterocycles. The summed E-state index contributed by atoms with van der Waals surface area (Å²) in [7, 11) is 0. The Bertz CT molecular complexity index is 640. The van der Waals surface area contributed by atoms with E-state index in [1.165, 1.54) is 6.07 Å². The zero-order valence-electron chi connectivity index (χ0n) is 12.8. The highest BCUT2D eigenvalue weighted by atomic mass is 19.1. The molecule has 0 spiro atoms. The lowest BCUT2D eigenvalue weighted by Gasteiger charge is -2.11. The molecule has 1 N–H and O–H groups in total. The molecule has 0 aliphatic rings. The van der Waals surface area contributed by atoms with Crippen molar-refractivity contribution in [1.82, 2.24) is 0 Å². The molecule has 0 fully saturated rings. The Morgan fingerprint density at radius 2 is 1.95 bits per heavy atom. The lowest BCUT2D eigenvalue weighted by Crippen LogP contribution is -2.13. The number of rotatable bonds is 6. The van der Waals surface area contributed by atoms with Gasteiger partial charge in [0.25, 0.3) is 0 Å². The molecule has 0 bridgehead atoms. The molecule has 1 amide bonds. The molecule has 0 unspecified atom stereocenters. The maximum atomic E-state index is 13.5. The predicted molar refractivity (Wildman–Crippen MR) is 85.6 cm³/mol. The van der Waals surface area contributed by atoms with Gasteiger partial charge in [-0.05, 0) is 44.0 Å². The quantitative estimate of drug-likeness (QED) is 0.869. The van der Waals surface area contributed by atoms with Gasteiger partial charge in [-0.15, -0.1) is 0 Å². The summed E-state index contributed by atoms with van der Waals surface area (Å²) in [6.07, 6.45) is 0.684. The molecule has 2 rings (SSSR count). The average Bonchev–Trinajstić information content (AvgIpc) is 2.46. The molecule has 0 aliphatic carbocycles. The van der Waals surface area contributed by atoms with E-state index in [0.29, 0.717) is 23.4 Å². The van der Waals surface area contributed by atoms with Gasteiger partial charge in [-0.25, -0.2) is 4.39 Å². The summed E-state index contributed by atoms with van der Waals surface area (Å²) in [4.78, 5) is 12.0. The Hall–Kier alpha value is -2.36. The topological polar surface area (TPSA) is 38.3 Å². The van der Waals surface area contributed by atoms with Crippen LogP contribution in [0.1, 0.15) is 25.8 Å². The molecule has 0 heterocycles. The van der Waals surface area contributed by atoms with E-state index in [-0.39, 0.29) is 24.2 Å². The van der Waals surface area contributed by atoms with Gasteiger partial charge in [0.2, 0.25) is 5.91 Å². The zero-order valence-corrected chi connectivity index (χ0v) is 12.8. The van der Waals surface area contributed by atoms with E-state index in [1.54, 1.807) is 30.3 Å². The van der Waals surface area contributed by atoms with Crippen molar-refractivity contribution in [2.75, 3.05) is 5.32 Å². The van der Waals surface area contributed by atoms with Crippen molar-refractivity contribution in [3.63, 3.8) is 0 Å². The van der Waals surface area contributed by atoms with Crippen molar-refractivity contribution < 1.29 is 13.9 Å². The van der Waals surface area contributed by atoms with Crippen LogP contribution >= 0.6 is 0 Å². The number of ether oxygens (including phenoxy) is 1. The standard InChI is InChI=1S/C18H20FNO2/c1-13(2)22-16-8-5-7-15(12-16)20-18(21)11-10-14-6-3-4-9-17(14)19/h3-9,12-13H,10-11H2,1-2H3,(H,20,21). The highest BCUT2D eigenvalue weighted by Crippen LogP contribution is 2.19. The molecule has 0 radical (unpaired) electrons. The first kappa shape index (κ1) is 16.0. The number of carbonyl (C=O) groups excluding carboxylic acids is 1. The van der Waals surface area contributed by atoms with E-state index in [2.05, 4.69) is 5.32 Å². The smallest absolute Gasteiger partial charge is 0.224 e. The predicted octanol–water partition coefficient (Wildman–Crippen LogP) is 4.18. The third-order valence-electron chi connectivity index (χ3n) is 3.07. The summed E-state index contributed by atoms with van der Waals surface area (Å²) in [5.41, 5.74) is 1.23. The van der Waals surface area contributed by atoms with Crippen LogP contribution in [-0.2, 0) is 11.2 Å². The summed E-state index contributed by atoms with van der Waals surface area (Å²) in [5.74, 6) is 0.287. The van der Waals surface area contributed by atoms with Crippen molar-refractivity contribution in [2.45, 2.75) is 32.8 Å². The Morgan fingerprint density at radius 3 is 2.68 bits per heavy atom. The van der Waals surface area contributed by atoms with Gasteiger partial charge in [-0.3, -0.25) is 4.79 Å². The maximum absolute atomic E-state index is 13.5. The average molecular weight is 301 g/mol. The molecule has 0 saturated carbocycles. The third kappa shape index (κ3) is 4.88. The number of amides is 1. The van der Waals surface area contributed by atoms with Crippen molar-refractivity contribution in [3.05, 3.63) is 59.9 Å². The number of benzene rings is 2. The van der Waals surface area contributed by atoms with Gasteiger partial charge in [-0.2, -0.15) is 0 Å². The Morgan fingerprint density at radius 1 is 1.18 bits per heavy atom. The van der Waals surface area contributed by atoms with E-state index < -0.39 is 0 Å². The van der Waals surface area contributed by atoms with Crippen LogP contribution in [0.5, 0.6) is 5.75 Å². The highest BCUT2D eigenvalue weighted by Gasteiger charge is 2.07. The van der Waals surface area contributed by atoms with Gasteiger partial charge in [0.1, 0.15) is 11.6 Å². The largest absolute Gasteiger partial charge is 0.491 e. The van der Waals surface area contributed by atoms with Gasteiger partial charge in [-0.1, -0.05) is 24.3 Å². The summed E-state index contributed by atoms with van der Waals surface area (Å²) >= 11 is 0.